The number of allylic oxidation sites excluding steroid dienone is 2. The summed E-state index contributed by atoms with van der Waals surface area (Å²) in [5.41, 5.74) is 8.15. The second-order valence-corrected chi connectivity index (χ2v) is 2.70. The molecule has 0 heterocycles. The summed E-state index contributed by atoms with van der Waals surface area (Å²) in [6, 6.07) is 0.290. The van der Waals surface area contributed by atoms with Crippen molar-refractivity contribution in [2.24, 2.45) is 5.73 Å². The summed E-state index contributed by atoms with van der Waals surface area (Å²) in [6.45, 7) is 11.5. The molecule has 1 aliphatic carbocycles. The van der Waals surface area contributed by atoms with Gasteiger partial charge in [-0.05, 0) is 18.4 Å². The highest BCUT2D eigenvalue weighted by Gasteiger charge is 2.17. The fourth-order valence-electron chi connectivity index (χ4n) is 1.27. The van der Waals surface area contributed by atoms with Crippen LogP contribution in [0.2, 0.25) is 0 Å². The van der Waals surface area contributed by atoms with E-state index < -0.39 is 0 Å². The molecule has 0 spiro atoms. The predicted molar refractivity (Wildman–Crippen MR) is 56.0 cm³/mol. The zero-order chi connectivity index (χ0) is 9.56. The number of rotatable bonds is 1. The second kappa shape index (κ2) is 5.78. The molecule has 1 fully saturated rings. The summed E-state index contributed by atoms with van der Waals surface area (Å²) in [5, 5.41) is 0. The number of hydrogen-bond donors (Lipinski definition) is 1. The average Bonchev–Trinajstić information content (AvgIpc) is 2.35. The Bertz CT molecular complexity index is 189. The van der Waals surface area contributed by atoms with Crippen LogP contribution < -0.4 is 5.73 Å². The van der Waals surface area contributed by atoms with Gasteiger partial charge < -0.3 is 5.73 Å². The smallest absolute Gasteiger partial charge is 0.0120 e. The van der Waals surface area contributed by atoms with Crippen molar-refractivity contribution in [2.45, 2.75) is 32.7 Å². The zero-order valence-corrected chi connectivity index (χ0v) is 8.14. The Morgan fingerprint density at radius 1 is 1.42 bits per heavy atom. The maximum Gasteiger partial charge on any atom is 0.0120 e. The van der Waals surface area contributed by atoms with Gasteiger partial charge >= 0.3 is 0 Å². The summed E-state index contributed by atoms with van der Waals surface area (Å²) in [5.74, 6) is 0. The molecule has 0 amide bonds. The van der Waals surface area contributed by atoms with Crippen LogP contribution in [0.25, 0.3) is 0 Å². The highest BCUT2D eigenvalue weighted by Crippen LogP contribution is 2.27. The molecule has 1 heteroatoms. The van der Waals surface area contributed by atoms with Crippen LogP contribution in [-0.4, -0.2) is 6.04 Å². The fraction of sp³-hybridized carbons (Fsp3) is 0.455. The molecule has 1 saturated carbocycles. The molecular formula is C11H19N. The molecule has 0 bridgehead atoms. The van der Waals surface area contributed by atoms with E-state index in [1.165, 1.54) is 11.1 Å². The monoisotopic (exact) mass is 165 g/mol. The standard InChI is InChI=1S/C9H13N.C2H6/c1-3-4-8-6-9(10)5-7(8)2;1-2/h3-4,9H,1-2,5-6,10H2;1-2H3/b8-4-;. The molecule has 0 aromatic carbocycles. The van der Waals surface area contributed by atoms with Gasteiger partial charge in [-0.3, -0.25) is 0 Å². The quantitative estimate of drug-likeness (QED) is 0.635. The van der Waals surface area contributed by atoms with Crippen molar-refractivity contribution in [1.29, 1.82) is 0 Å². The molecule has 12 heavy (non-hydrogen) atoms. The third-order valence-corrected chi connectivity index (χ3v) is 1.76. The molecule has 1 aliphatic rings. The van der Waals surface area contributed by atoms with E-state index in [2.05, 4.69) is 13.2 Å². The first-order valence-electron chi connectivity index (χ1n) is 4.49. The van der Waals surface area contributed by atoms with Gasteiger partial charge in [0.05, 0.1) is 0 Å². The Morgan fingerprint density at radius 2 is 2.00 bits per heavy atom. The maximum absolute atomic E-state index is 5.71. The summed E-state index contributed by atoms with van der Waals surface area (Å²) >= 11 is 0. The van der Waals surface area contributed by atoms with Crippen LogP contribution in [0.5, 0.6) is 0 Å². The van der Waals surface area contributed by atoms with Gasteiger partial charge in [-0.25, -0.2) is 0 Å². The Labute approximate surface area is 75.7 Å². The van der Waals surface area contributed by atoms with E-state index >= 15 is 0 Å². The number of hydrogen-bond acceptors (Lipinski definition) is 1. The van der Waals surface area contributed by atoms with Gasteiger partial charge in [0.25, 0.3) is 0 Å². The van der Waals surface area contributed by atoms with Gasteiger partial charge in [0.1, 0.15) is 0 Å². The van der Waals surface area contributed by atoms with Gasteiger partial charge in [-0.2, -0.15) is 0 Å². The lowest BCUT2D eigenvalue weighted by atomic mass is 10.1. The molecule has 68 valence electrons. The molecule has 1 unspecified atom stereocenters. The molecule has 0 saturated heterocycles. The lowest BCUT2D eigenvalue weighted by Gasteiger charge is -1.93. The normalized spacial score (nSPS) is 25.1. The van der Waals surface area contributed by atoms with Crippen molar-refractivity contribution >= 4 is 0 Å². The van der Waals surface area contributed by atoms with E-state index in [0.29, 0.717) is 6.04 Å². The Balaban J connectivity index is 0.000000561. The van der Waals surface area contributed by atoms with E-state index in [1.54, 1.807) is 6.08 Å². The van der Waals surface area contributed by atoms with Gasteiger partial charge in [0.15, 0.2) is 0 Å². The Kier molecular flexibility index (Phi) is 5.39. The fourth-order valence-corrected chi connectivity index (χ4v) is 1.27. The van der Waals surface area contributed by atoms with E-state index in [4.69, 9.17) is 5.73 Å². The van der Waals surface area contributed by atoms with E-state index in [1.807, 2.05) is 19.9 Å². The summed E-state index contributed by atoms with van der Waals surface area (Å²) in [4.78, 5) is 0. The molecule has 0 aliphatic heterocycles. The van der Waals surface area contributed by atoms with Crippen molar-refractivity contribution in [3.63, 3.8) is 0 Å². The molecule has 0 radical (unpaired) electrons. The minimum absolute atomic E-state index is 0.290. The van der Waals surface area contributed by atoms with E-state index in [0.717, 1.165) is 12.8 Å². The summed E-state index contributed by atoms with van der Waals surface area (Å²) in [7, 11) is 0. The van der Waals surface area contributed by atoms with Crippen molar-refractivity contribution in [2.75, 3.05) is 0 Å². The first-order valence-corrected chi connectivity index (χ1v) is 4.49. The third kappa shape index (κ3) is 3.05. The van der Waals surface area contributed by atoms with E-state index in [9.17, 15) is 0 Å². The Hall–Kier alpha value is -0.820. The highest BCUT2D eigenvalue weighted by molar-refractivity contribution is 5.36. The van der Waals surface area contributed by atoms with Gasteiger partial charge in [0, 0.05) is 6.04 Å². The minimum Gasteiger partial charge on any atom is -0.327 e. The summed E-state index contributed by atoms with van der Waals surface area (Å²) in [6.07, 6.45) is 5.69. The molecule has 1 rings (SSSR count). The summed E-state index contributed by atoms with van der Waals surface area (Å²) < 4.78 is 0. The molecule has 0 aromatic heterocycles. The lowest BCUT2D eigenvalue weighted by Crippen LogP contribution is -2.13. The van der Waals surface area contributed by atoms with Gasteiger partial charge in [-0.15, -0.1) is 0 Å². The van der Waals surface area contributed by atoms with Crippen LogP contribution in [0.3, 0.4) is 0 Å². The first-order chi connectivity index (χ1) is 5.74. The van der Waals surface area contributed by atoms with Crippen LogP contribution in [0, 0.1) is 0 Å². The highest BCUT2D eigenvalue weighted by atomic mass is 14.6. The lowest BCUT2D eigenvalue weighted by molar-refractivity contribution is 0.735. The minimum atomic E-state index is 0.290. The van der Waals surface area contributed by atoms with Gasteiger partial charge in [-0.1, -0.05) is 44.7 Å². The average molecular weight is 165 g/mol. The Morgan fingerprint density at radius 3 is 2.33 bits per heavy atom. The van der Waals surface area contributed by atoms with Crippen LogP contribution in [-0.2, 0) is 0 Å². The molecule has 2 N–H and O–H groups in total. The van der Waals surface area contributed by atoms with Crippen molar-refractivity contribution in [1.82, 2.24) is 0 Å². The maximum atomic E-state index is 5.71. The van der Waals surface area contributed by atoms with Crippen molar-refractivity contribution in [3.05, 3.63) is 36.5 Å². The van der Waals surface area contributed by atoms with Crippen LogP contribution in [0.15, 0.2) is 36.5 Å². The van der Waals surface area contributed by atoms with Crippen molar-refractivity contribution < 1.29 is 0 Å². The molecule has 1 atom stereocenters. The van der Waals surface area contributed by atoms with Crippen LogP contribution in [0.4, 0.5) is 0 Å². The third-order valence-electron chi connectivity index (χ3n) is 1.76. The first kappa shape index (κ1) is 11.2. The van der Waals surface area contributed by atoms with Gasteiger partial charge in [0.2, 0.25) is 0 Å². The zero-order valence-electron chi connectivity index (χ0n) is 8.14. The van der Waals surface area contributed by atoms with Crippen molar-refractivity contribution in [3.8, 4) is 0 Å². The van der Waals surface area contributed by atoms with Crippen LogP contribution >= 0.6 is 0 Å². The number of nitrogens with two attached hydrogens (primary N) is 1. The van der Waals surface area contributed by atoms with Crippen LogP contribution in [0.1, 0.15) is 26.7 Å². The molecular weight excluding hydrogens is 146 g/mol. The molecule has 0 aromatic rings. The van der Waals surface area contributed by atoms with E-state index in [-0.39, 0.29) is 0 Å². The molecule has 1 nitrogen and oxygen atoms in total. The largest absolute Gasteiger partial charge is 0.327 e. The second-order valence-electron chi connectivity index (χ2n) is 2.70. The SMILES string of the molecule is C=C/C=C1/CC(N)CC1=C.CC. The topological polar surface area (TPSA) is 26.0 Å². The predicted octanol–water partition coefficient (Wildman–Crippen LogP) is 2.80.